The van der Waals surface area contributed by atoms with Gasteiger partial charge in [0.1, 0.15) is 0 Å². The van der Waals surface area contributed by atoms with Crippen molar-refractivity contribution in [2.24, 2.45) is 0 Å². The Bertz CT molecular complexity index is 1440. The highest BCUT2D eigenvalue weighted by Crippen LogP contribution is 2.32. The van der Waals surface area contributed by atoms with E-state index in [1.54, 1.807) is 4.68 Å². The number of aromatic nitrogens is 5. The molecule has 0 saturated heterocycles. The van der Waals surface area contributed by atoms with Crippen LogP contribution in [0.4, 0.5) is 17.6 Å². The van der Waals surface area contributed by atoms with Crippen molar-refractivity contribution in [3.63, 3.8) is 0 Å². The summed E-state index contributed by atoms with van der Waals surface area (Å²) in [5, 5.41) is 17.1. The minimum Gasteiger partial charge on any atom is -0.368 e. The second-order valence-corrected chi connectivity index (χ2v) is 10.4. The molecule has 6 rings (SSSR count). The summed E-state index contributed by atoms with van der Waals surface area (Å²) in [4.78, 5) is 7.07. The van der Waals surface area contributed by atoms with Gasteiger partial charge in [0.05, 0.1) is 5.69 Å². The van der Waals surface area contributed by atoms with Crippen LogP contribution in [-0.4, -0.2) is 49.0 Å². The molecule has 2 aliphatic carbocycles. The standard InChI is InChI=1S/C30H36N8/c1-3-37(4-2)25-16-13-20-12-15-24(18-22(20)14-17-25)32-30-33-29(31)38(36-30)27-19-23-10-7-9-21-8-5-6-11-26(21)28(23)35-34-27/h5-6,8,11-12,15,18-19,25H,3-4,7,9-10,13-14,16-17H2,1-2H3,(H3,31,32,33,36)/t25-/m0/s1. The first-order valence-electron chi connectivity index (χ1n) is 13.9. The third kappa shape index (κ3) is 4.76. The second kappa shape index (κ2) is 10.5. The van der Waals surface area contributed by atoms with Crippen LogP contribution in [0, 0.1) is 0 Å². The number of aryl methyl sites for hydroxylation is 4. The van der Waals surface area contributed by atoms with E-state index in [-0.39, 0.29) is 5.95 Å². The summed E-state index contributed by atoms with van der Waals surface area (Å²) in [7, 11) is 0. The number of benzene rings is 2. The molecule has 0 amide bonds. The normalized spacial score (nSPS) is 16.8. The van der Waals surface area contributed by atoms with Gasteiger partial charge in [-0.15, -0.1) is 15.3 Å². The zero-order valence-corrected chi connectivity index (χ0v) is 22.3. The van der Waals surface area contributed by atoms with E-state index in [4.69, 9.17) is 5.73 Å². The highest BCUT2D eigenvalue weighted by molar-refractivity contribution is 5.68. The lowest BCUT2D eigenvalue weighted by molar-refractivity contribution is 0.199. The minimum atomic E-state index is 0.285. The smallest absolute Gasteiger partial charge is 0.248 e. The van der Waals surface area contributed by atoms with Crippen molar-refractivity contribution in [2.45, 2.75) is 64.8 Å². The lowest BCUT2D eigenvalue weighted by Gasteiger charge is -2.28. The van der Waals surface area contributed by atoms with Crippen LogP contribution in [-0.2, 0) is 25.7 Å². The zero-order chi connectivity index (χ0) is 26.1. The van der Waals surface area contributed by atoms with Crippen LogP contribution in [0.5, 0.6) is 0 Å². The van der Waals surface area contributed by atoms with Gasteiger partial charge >= 0.3 is 0 Å². The molecule has 0 spiro atoms. The Balaban J connectivity index is 1.22. The van der Waals surface area contributed by atoms with E-state index < -0.39 is 0 Å². The number of hydrogen-bond donors (Lipinski definition) is 2. The number of nitrogens with two attached hydrogens (primary N) is 1. The predicted molar refractivity (Wildman–Crippen MR) is 152 cm³/mol. The SMILES string of the molecule is CCN(CC)[C@H]1CCc2ccc(Nc3nc(N)n(-c4cc5c(nn4)-c4ccccc4CCC5)n3)cc2CC1. The maximum Gasteiger partial charge on any atom is 0.248 e. The summed E-state index contributed by atoms with van der Waals surface area (Å²) in [6, 6.07) is 17.8. The Morgan fingerprint density at radius 1 is 0.895 bits per heavy atom. The molecule has 2 aromatic heterocycles. The third-order valence-electron chi connectivity index (χ3n) is 8.16. The highest BCUT2D eigenvalue weighted by atomic mass is 15.4. The van der Waals surface area contributed by atoms with E-state index in [0.29, 0.717) is 17.8 Å². The molecule has 2 aliphatic rings. The number of anilines is 3. The lowest BCUT2D eigenvalue weighted by atomic mass is 10.0. The first kappa shape index (κ1) is 24.6. The molecule has 3 N–H and O–H groups in total. The van der Waals surface area contributed by atoms with Gasteiger partial charge in [-0.25, -0.2) is 0 Å². The van der Waals surface area contributed by atoms with E-state index in [1.807, 2.05) is 6.07 Å². The average molecular weight is 509 g/mol. The number of nitrogen functional groups attached to an aromatic ring is 1. The van der Waals surface area contributed by atoms with Gasteiger partial charge in [-0.3, -0.25) is 0 Å². The molecule has 0 bridgehead atoms. The monoisotopic (exact) mass is 508 g/mol. The van der Waals surface area contributed by atoms with E-state index >= 15 is 0 Å². The maximum absolute atomic E-state index is 6.29. The minimum absolute atomic E-state index is 0.285. The Morgan fingerprint density at radius 3 is 2.53 bits per heavy atom. The molecule has 0 saturated carbocycles. The van der Waals surface area contributed by atoms with Gasteiger partial charge in [0.25, 0.3) is 0 Å². The fourth-order valence-corrected chi connectivity index (χ4v) is 6.13. The van der Waals surface area contributed by atoms with Crippen molar-refractivity contribution in [1.82, 2.24) is 29.9 Å². The predicted octanol–water partition coefficient (Wildman–Crippen LogP) is 5.13. The molecular formula is C30H36N8. The van der Waals surface area contributed by atoms with Crippen molar-refractivity contribution in [3.8, 4) is 17.1 Å². The lowest BCUT2D eigenvalue weighted by Crippen LogP contribution is -2.35. The number of fused-ring (bicyclic) bond motifs is 4. The highest BCUT2D eigenvalue weighted by Gasteiger charge is 2.21. The van der Waals surface area contributed by atoms with Crippen molar-refractivity contribution >= 4 is 17.6 Å². The van der Waals surface area contributed by atoms with Gasteiger partial charge < -0.3 is 16.0 Å². The van der Waals surface area contributed by atoms with E-state index in [2.05, 4.69) is 86.8 Å². The van der Waals surface area contributed by atoms with E-state index in [1.165, 1.54) is 35.1 Å². The Morgan fingerprint density at radius 2 is 1.68 bits per heavy atom. The Labute approximate surface area is 224 Å². The van der Waals surface area contributed by atoms with Crippen LogP contribution in [0.25, 0.3) is 17.1 Å². The fraction of sp³-hybridized carbons (Fsp3) is 0.400. The molecular weight excluding hydrogens is 472 g/mol. The van der Waals surface area contributed by atoms with E-state index in [9.17, 15) is 0 Å². The molecule has 8 heteroatoms. The quantitative estimate of drug-likeness (QED) is 0.349. The van der Waals surface area contributed by atoms with Crippen LogP contribution in [0.3, 0.4) is 0 Å². The summed E-state index contributed by atoms with van der Waals surface area (Å²) in [5.41, 5.74) is 14.7. The molecule has 0 unspecified atom stereocenters. The van der Waals surface area contributed by atoms with Crippen LogP contribution in [0.1, 0.15) is 55.4 Å². The summed E-state index contributed by atoms with van der Waals surface area (Å²) in [5.74, 6) is 1.33. The third-order valence-corrected chi connectivity index (χ3v) is 8.16. The summed E-state index contributed by atoms with van der Waals surface area (Å²) < 4.78 is 1.57. The molecule has 4 aromatic rings. The van der Waals surface area contributed by atoms with Gasteiger partial charge in [-0.2, -0.15) is 9.67 Å². The largest absolute Gasteiger partial charge is 0.368 e. The molecule has 2 aromatic carbocycles. The van der Waals surface area contributed by atoms with Crippen molar-refractivity contribution in [2.75, 3.05) is 24.1 Å². The molecule has 8 nitrogen and oxygen atoms in total. The van der Waals surface area contributed by atoms with Gasteiger partial charge in [0.2, 0.25) is 11.9 Å². The molecule has 38 heavy (non-hydrogen) atoms. The first-order chi connectivity index (χ1) is 18.6. The first-order valence-corrected chi connectivity index (χ1v) is 13.9. The van der Waals surface area contributed by atoms with Crippen LogP contribution in [0.2, 0.25) is 0 Å². The van der Waals surface area contributed by atoms with Gasteiger partial charge in [0.15, 0.2) is 5.82 Å². The molecule has 2 heterocycles. The van der Waals surface area contributed by atoms with Crippen LogP contribution >= 0.6 is 0 Å². The van der Waals surface area contributed by atoms with Crippen molar-refractivity contribution in [1.29, 1.82) is 0 Å². The molecule has 1 atom stereocenters. The second-order valence-electron chi connectivity index (χ2n) is 10.4. The average Bonchev–Trinajstić information content (AvgIpc) is 3.08. The number of hydrogen-bond acceptors (Lipinski definition) is 7. The summed E-state index contributed by atoms with van der Waals surface area (Å²) >= 11 is 0. The summed E-state index contributed by atoms with van der Waals surface area (Å²) in [6.45, 7) is 6.75. The van der Waals surface area contributed by atoms with Crippen molar-refractivity contribution in [3.05, 3.63) is 70.8 Å². The van der Waals surface area contributed by atoms with Crippen LogP contribution < -0.4 is 11.1 Å². The van der Waals surface area contributed by atoms with Gasteiger partial charge in [-0.05, 0) is 98.5 Å². The number of rotatable bonds is 6. The van der Waals surface area contributed by atoms with Gasteiger partial charge in [0, 0.05) is 17.3 Å². The number of nitrogens with one attached hydrogen (secondary N) is 1. The van der Waals surface area contributed by atoms with Gasteiger partial charge in [-0.1, -0.05) is 44.2 Å². The topological polar surface area (TPSA) is 97.8 Å². The van der Waals surface area contributed by atoms with Crippen LogP contribution in [0.15, 0.2) is 48.5 Å². The zero-order valence-electron chi connectivity index (χ0n) is 22.3. The molecule has 196 valence electrons. The Kier molecular flexibility index (Phi) is 6.81. The fourth-order valence-electron chi connectivity index (χ4n) is 6.13. The van der Waals surface area contributed by atoms with E-state index in [0.717, 1.165) is 62.1 Å². The summed E-state index contributed by atoms with van der Waals surface area (Å²) in [6.07, 6.45) is 7.68. The number of nitrogens with zero attached hydrogens (tertiary/aromatic N) is 6. The van der Waals surface area contributed by atoms with Crippen molar-refractivity contribution < 1.29 is 0 Å². The maximum atomic E-state index is 6.29. The molecule has 0 fully saturated rings. The Hall–Kier alpha value is -3.78. The molecule has 0 radical (unpaired) electrons. The molecule has 0 aliphatic heterocycles.